The number of rotatable bonds is 10. The summed E-state index contributed by atoms with van der Waals surface area (Å²) < 4.78 is 10.7. The van der Waals surface area contributed by atoms with Gasteiger partial charge in [0.1, 0.15) is 12.2 Å². The van der Waals surface area contributed by atoms with E-state index in [1.807, 2.05) is 32.9 Å². The monoisotopic (exact) mass is 408 g/mol. The van der Waals surface area contributed by atoms with E-state index >= 15 is 0 Å². The molecule has 0 unspecified atom stereocenters. The fourth-order valence-corrected chi connectivity index (χ4v) is 4.59. The van der Waals surface area contributed by atoms with Crippen LogP contribution in [0.3, 0.4) is 0 Å². The molecule has 0 amide bonds. The quantitative estimate of drug-likeness (QED) is 0.322. The Hall–Kier alpha value is -1.17. The molecular formula is C24H40O5. The Balaban J connectivity index is 1.77. The molecule has 0 saturated heterocycles. The summed E-state index contributed by atoms with van der Waals surface area (Å²) >= 11 is 0. The van der Waals surface area contributed by atoms with E-state index in [-0.39, 0.29) is 24.6 Å². The number of aliphatic hydroxyl groups excluding tert-OH is 2. The van der Waals surface area contributed by atoms with Crippen molar-refractivity contribution in [2.75, 3.05) is 13.2 Å². The summed E-state index contributed by atoms with van der Waals surface area (Å²) in [5, 5.41) is 20.6. The number of carbonyl (C=O) groups is 1. The van der Waals surface area contributed by atoms with Gasteiger partial charge >= 0.3 is 5.97 Å². The van der Waals surface area contributed by atoms with E-state index in [9.17, 15) is 15.0 Å². The lowest BCUT2D eigenvalue weighted by Crippen LogP contribution is -2.26. The molecule has 2 N–H and O–H groups in total. The van der Waals surface area contributed by atoms with Gasteiger partial charge in [0.05, 0.1) is 18.8 Å². The first kappa shape index (κ1) is 24.1. The molecule has 0 heterocycles. The minimum Gasteiger partial charge on any atom is -0.458 e. The molecule has 5 heteroatoms. The number of hydrogen-bond donors (Lipinski definition) is 2. The average molecular weight is 409 g/mol. The van der Waals surface area contributed by atoms with E-state index < -0.39 is 11.7 Å². The molecule has 0 aromatic rings. The second-order valence-corrected chi connectivity index (χ2v) is 9.62. The van der Waals surface area contributed by atoms with Gasteiger partial charge in [0, 0.05) is 5.92 Å². The summed E-state index contributed by atoms with van der Waals surface area (Å²) in [7, 11) is 0. The summed E-state index contributed by atoms with van der Waals surface area (Å²) in [5.41, 5.74) is 0.854. The van der Waals surface area contributed by atoms with Crippen molar-refractivity contribution in [1.29, 1.82) is 0 Å². The van der Waals surface area contributed by atoms with Crippen molar-refractivity contribution in [3.63, 3.8) is 0 Å². The second kappa shape index (κ2) is 11.3. The molecule has 0 spiro atoms. The molecule has 0 aromatic carbocycles. The SMILES string of the molecule is CCCCC[C@H](O)/C=C/[C@@H]1[C@H]2C/C(=C/COCC(=O)OC(C)(C)C)C[C@H]2C[C@H]1O. The third kappa shape index (κ3) is 8.23. The highest BCUT2D eigenvalue weighted by Gasteiger charge is 2.44. The largest absolute Gasteiger partial charge is 0.458 e. The van der Waals surface area contributed by atoms with Crippen LogP contribution in [0.15, 0.2) is 23.8 Å². The van der Waals surface area contributed by atoms with Gasteiger partial charge in [0.15, 0.2) is 0 Å². The molecule has 2 fully saturated rings. The van der Waals surface area contributed by atoms with E-state index in [0.29, 0.717) is 18.4 Å². The highest BCUT2D eigenvalue weighted by atomic mass is 16.6. The third-order valence-corrected chi connectivity index (χ3v) is 5.90. The second-order valence-electron chi connectivity index (χ2n) is 9.62. The van der Waals surface area contributed by atoms with Gasteiger partial charge in [-0.15, -0.1) is 0 Å². The van der Waals surface area contributed by atoms with Crippen LogP contribution in [-0.4, -0.2) is 47.2 Å². The van der Waals surface area contributed by atoms with Crippen LogP contribution in [0.1, 0.15) is 72.6 Å². The summed E-state index contributed by atoms with van der Waals surface area (Å²) in [5.74, 6) is 0.703. The number of ether oxygens (including phenoxy) is 2. The van der Waals surface area contributed by atoms with Crippen LogP contribution in [0, 0.1) is 17.8 Å². The fourth-order valence-electron chi connectivity index (χ4n) is 4.59. The van der Waals surface area contributed by atoms with Crippen molar-refractivity contribution in [1.82, 2.24) is 0 Å². The van der Waals surface area contributed by atoms with E-state index in [2.05, 4.69) is 13.0 Å². The molecule has 29 heavy (non-hydrogen) atoms. The van der Waals surface area contributed by atoms with Crippen molar-refractivity contribution in [2.45, 2.75) is 90.4 Å². The van der Waals surface area contributed by atoms with E-state index in [1.54, 1.807) is 0 Å². The molecule has 2 aliphatic rings. The molecule has 5 nitrogen and oxygen atoms in total. The molecule has 2 saturated carbocycles. The van der Waals surface area contributed by atoms with E-state index in [1.165, 1.54) is 5.57 Å². The van der Waals surface area contributed by atoms with Crippen LogP contribution < -0.4 is 0 Å². The highest BCUT2D eigenvalue weighted by molar-refractivity contribution is 5.71. The molecule has 0 radical (unpaired) electrons. The van der Waals surface area contributed by atoms with E-state index in [4.69, 9.17) is 9.47 Å². The minimum absolute atomic E-state index is 0.0338. The number of unbranched alkanes of at least 4 members (excludes halogenated alkanes) is 2. The van der Waals surface area contributed by atoms with Crippen molar-refractivity contribution < 1.29 is 24.5 Å². The number of carbonyl (C=O) groups excluding carboxylic acids is 1. The Bertz CT molecular complexity index is 574. The maximum Gasteiger partial charge on any atom is 0.332 e. The summed E-state index contributed by atoms with van der Waals surface area (Å²) in [4.78, 5) is 11.7. The Kier molecular flexibility index (Phi) is 9.38. The molecule has 0 aromatic heterocycles. The number of hydrogen-bond acceptors (Lipinski definition) is 5. The molecule has 166 valence electrons. The first-order chi connectivity index (χ1) is 13.7. The van der Waals surface area contributed by atoms with Crippen LogP contribution in [0.4, 0.5) is 0 Å². The fraction of sp³-hybridized carbons (Fsp3) is 0.792. The maximum absolute atomic E-state index is 11.7. The minimum atomic E-state index is -0.491. The van der Waals surface area contributed by atoms with Crippen LogP contribution in [0.5, 0.6) is 0 Å². The number of allylic oxidation sites excluding steroid dienone is 1. The summed E-state index contributed by atoms with van der Waals surface area (Å²) in [6.45, 7) is 8.06. The van der Waals surface area contributed by atoms with Crippen LogP contribution in [0.2, 0.25) is 0 Å². The number of fused-ring (bicyclic) bond motifs is 1. The topological polar surface area (TPSA) is 76.0 Å². The Morgan fingerprint density at radius 1 is 1.28 bits per heavy atom. The number of esters is 1. The third-order valence-electron chi connectivity index (χ3n) is 5.90. The van der Waals surface area contributed by atoms with Gasteiger partial charge in [-0.25, -0.2) is 4.79 Å². The lowest BCUT2D eigenvalue weighted by atomic mass is 9.90. The van der Waals surface area contributed by atoms with Gasteiger partial charge in [-0.1, -0.05) is 50.0 Å². The molecule has 5 atom stereocenters. The first-order valence-electron chi connectivity index (χ1n) is 11.2. The molecular weight excluding hydrogens is 368 g/mol. The lowest BCUT2D eigenvalue weighted by molar-refractivity contribution is -0.159. The number of aliphatic hydroxyl groups is 2. The zero-order valence-corrected chi connectivity index (χ0v) is 18.6. The summed E-state index contributed by atoms with van der Waals surface area (Å²) in [6.07, 6.45) is 12.2. The zero-order chi connectivity index (χ0) is 21.4. The highest BCUT2D eigenvalue weighted by Crippen LogP contribution is 2.50. The Morgan fingerprint density at radius 2 is 2.03 bits per heavy atom. The van der Waals surface area contributed by atoms with E-state index in [0.717, 1.165) is 44.9 Å². The van der Waals surface area contributed by atoms with Crippen LogP contribution in [0.25, 0.3) is 0 Å². The molecule has 2 rings (SSSR count). The van der Waals surface area contributed by atoms with Gasteiger partial charge in [0.25, 0.3) is 0 Å². The van der Waals surface area contributed by atoms with Crippen molar-refractivity contribution >= 4 is 5.97 Å². The molecule has 0 bridgehead atoms. The smallest absolute Gasteiger partial charge is 0.332 e. The summed E-state index contributed by atoms with van der Waals surface area (Å²) in [6, 6.07) is 0. The molecule has 0 aliphatic heterocycles. The van der Waals surface area contributed by atoms with Crippen LogP contribution >= 0.6 is 0 Å². The van der Waals surface area contributed by atoms with Gasteiger partial charge in [-0.3, -0.25) is 0 Å². The predicted octanol–water partition coefficient (Wildman–Crippen LogP) is 4.18. The van der Waals surface area contributed by atoms with Crippen molar-refractivity contribution in [3.8, 4) is 0 Å². The van der Waals surface area contributed by atoms with Gasteiger partial charge in [-0.2, -0.15) is 0 Å². The molecule has 2 aliphatic carbocycles. The average Bonchev–Trinajstić information content (AvgIpc) is 3.12. The zero-order valence-electron chi connectivity index (χ0n) is 18.6. The van der Waals surface area contributed by atoms with Crippen LogP contribution in [-0.2, 0) is 14.3 Å². The van der Waals surface area contributed by atoms with Crippen molar-refractivity contribution in [3.05, 3.63) is 23.8 Å². The maximum atomic E-state index is 11.7. The van der Waals surface area contributed by atoms with Crippen molar-refractivity contribution in [2.24, 2.45) is 17.8 Å². The van der Waals surface area contributed by atoms with Gasteiger partial charge < -0.3 is 19.7 Å². The Labute approximate surface area is 176 Å². The van der Waals surface area contributed by atoms with Gasteiger partial charge in [0.2, 0.25) is 0 Å². The predicted molar refractivity (Wildman–Crippen MR) is 114 cm³/mol. The lowest BCUT2D eigenvalue weighted by Gasteiger charge is -2.19. The first-order valence-corrected chi connectivity index (χ1v) is 11.2. The Morgan fingerprint density at radius 3 is 2.72 bits per heavy atom. The standard InChI is InChI=1S/C24H40O5/c1-5-6-7-8-19(25)9-10-20-21-14-17(13-18(21)15-22(20)26)11-12-28-16-23(27)29-24(2,3)4/h9-11,18-22,25-26H,5-8,12-16H2,1-4H3/b10-9+,17-11+/t18-,19-,20+,21-,22+/m0/s1. The normalized spacial score (nSPS) is 29.5. The van der Waals surface area contributed by atoms with Gasteiger partial charge in [-0.05, 0) is 58.3 Å².